The van der Waals surface area contributed by atoms with Crippen LogP contribution in [0.4, 0.5) is 5.69 Å². The van der Waals surface area contributed by atoms with E-state index >= 15 is 0 Å². The number of para-hydroxylation sites is 1. The Morgan fingerprint density at radius 2 is 2.20 bits per heavy atom. The quantitative estimate of drug-likeness (QED) is 0.443. The summed E-state index contributed by atoms with van der Waals surface area (Å²) in [7, 11) is 0. The van der Waals surface area contributed by atoms with E-state index in [0.29, 0.717) is 3.92 Å². The molecule has 1 aliphatic rings. The van der Waals surface area contributed by atoms with Crippen LogP contribution in [0, 0.1) is 0 Å². The first-order valence-corrected chi connectivity index (χ1v) is 4.59. The van der Waals surface area contributed by atoms with Gasteiger partial charge in [-0.3, -0.25) is 0 Å². The summed E-state index contributed by atoms with van der Waals surface area (Å²) in [6, 6.07) is 8.48. The van der Waals surface area contributed by atoms with Crippen LogP contribution >= 0.6 is 0 Å². The minimum atomic E-state index is 0.661. The Bertz CT molecular complexity index is 247. The van der Waals surface area contributed by atoms with Gasteiger partial charge in [0.2, 0.25) is 0 Å². The highest BCUT2D eigenvalue weighted by Gasteiger charge is 2.09. The Kier molecular flexibility index (Phi) is 1.56. The lowest BCUT2D eigenvalue weighted by Crippen LogP contribution is -3.35. The van der Waals surface area contributed by atoms with Gasteiger partial charge in [0.25, 0.3) is 0 Å². The Morgan fingerprint density at radius 1 is 1.40 bits per heavy atom. The minimum Gasteiger partial charge on any atom is -0.787 e. The molecule has 2 rings (SSSR count). The number of hydrogen-bond acceptors (Lipinski definition) is 1. The van der Waals surface area contributed by atoms with Crippen LogP contribution in [-0.4, -0.2) is 6.54 Å². The summed E-state index contributed by atoms with van der Waals surface area (Å²) in [6.45, 7) is 1.08. The lowest BCUT2D eigenvalue weighted by Gasteiger charge is -2.13. The van der Waals surface area contributed by atoms with Gasteiger partial charge in [0.05, 0.1) is 0 Å². The number of rotatable bonds is 0. The molecule has 0 saturated carbocycles. The summed E-state index contributed by atoms with van der Waals surface area (Å²) in [5, 5.41) is 3.34. The topological polar surface area (TPSA) is 12.0 Å². The molecular weight excluding hydrogens is 237 g/mol. The van der Waals surface area contributed by atoms with E-state index in [2.05, 4.69) is 52.2 Å². The molecule has 1 aliphatic heterocycles. The van der Waals surface area contributed by atoms with Crippen molar-refractivity contribution in [3.8, 4) is 0 Å². The molecule has 0 aliphatic carbocycles. The lowest BCUT2D eigenvalue weighted by atomic mass is 10.2. The third-order valence-corrected chi connectivity index (χ3v) is 2.88. The van der Waals surface area contributed by atoms with E-state index in [9.17, 15) is 0 Å². The SMILES string of the molecule is [I-]C1CNc2ccccc21. The van der Waals surface area contributed by atoms with Gasteiger partial charge in [-0.1, -0.05) is 18.2 Å². The van der Waals surface area contributed by atoms with Crippen molar-refractivity contribution in [3.63, 3.8) is 0 Å². The zero-order valence-electron chi connectivity index (χ0n) is 5.47. The van der Waals surface area contributed by atoms with Gasteiger partial charge in [-0.05, 0) is 18.2 Å². The summed E-state index contributed by atoms with van der Waals surface area (Å²) in [4.78, 5) is 0. The highest BCUT2D eigenvalue weighted by Crippen LogP contribution is 2.24. The minimum absolute atomic E-state index is 0.661. The molecule has 0 saturated heterocycles. The van der Waals surface area contributed by atoms with Crippen LogP contribution in [0.25, 0.3) is 0 Å². The lowest BCUT2D eigenvalue weighted by molar-refractivity contribution is -0.419. The number of halogens is 1. The Hall–Kier alpha value is -0.250. The molecule has 53 valence electrons. The second-order valence-electron chi connectivity index (χ2n) is 2.44. The van der Waals surface area contributed by atoms with Crippen molar-refractivity contribution in [2.45, 2.75) is 3.92 Å². The summed E-state index contributed by atoms with van der Waals surface area (Å²) < 4.78 is 0.661. The van der Waals surface area contributed by atoms with Crippen molar-refractivity contribution in [2.24, 2.45) is 0 Å². The van der Waals surface area contributed by atoms with Gasteiger partial charge in [0, 0.05) is 5.69 Å². The van der Waals surface area contributed by atoms with E-state index in [-0.39, 0.29) is 0 Å². The highest BCUT2D eigenvalue weighted by atomic mass is 127. The first-order valence-electron chi connectivity index (χ1n) is 3.35. The molecule has 1 atom stereocenters. The van der Waals surface area contributed by atoms with Crippen LogP contribution in [0.3, 0.4) is 0 Å². The zero-order chi connectivity index (χ0) is 6.97. The molecule has 0 fully saturated rings. The van der Waals surface area contributed by atoms with Crippen LogP contribution in [0.15, 0.2) is 24.3 Å². The molecule has 0 spiro atoms. The number of anilines is 1. The van der Waals surface area contributed by atoms with Crippen LogP contribution < -0.4 is 27.9 Å². The van der Waals surface area contributed by atoms with Gasteiger partial charge in [-0.2, -0.15) is 0 Å². The standard InChI is InChI=1S/C8H8IN/c9-7-5-10-8-4-2-1-3-6(7)8/h1-4,7,10H,5H2/q-1. The third-order valence-electron chi connectivity index (χ3n) is 1.77. The summed E-state index contributed by atoms with van der Waals surface area (Å²) in [5.74, 6) is 0. The molecule has 1 radical (unpaired) electrons. The van der Waals surface area contributed by atoms with E-state index in [4.69, 9.17) is 0 Å². The van der Waals surface area contributed by atoms with Gasteiger partial charge >= 0.3 is 0 Å². The van der Waals surface area contributed by atoms with Gasteiger partial charge in [-0.25, -0.2) is 0 Å². The predicted octanol–water partition coefficient (Wildman–Crippen LogP) is -1.29. The molecule has 10 heavy (non-hydrogen) atoms. The van der Waals surface area contributed by atoms with E-state index in [1.807, 2.05) is 0 Å². The molecule has 1 nitrogen and oxygen atoms in total. The van der Waals surface area contributed by atoms with Crippen molar-refractivity contribution in [1.29, 1.82) is 0 Å². The number of nitrogens with one attached hydrogen (secondary N) is 1. The van der Waals surface area contributed by atoms with Gasteiger partial charge in [0.1, 0.15) is 0 Å². The largest absolute Gasteiger partial charge is 0.787 e. The predicted molar refractivity (Wildman–Crippen MR) is 37.7 cm³/mol. The van der Waals surface area contributed by atoms with Crippen LogP contribution in [0.2, 0.25) is 0 Å². The van der Waals surface area contributed by atoms with Crippen molar-refractivity contribution in [2.75, 3.05) is 11.9 Å². The molecule has 2 heteroatoms. The average Bonchev–Trinajstić information content (AvgIpc) is 2.34. The van der Waals surface area contributed by atoms with Crippen molar-refractivity contribution < 1.29 is 22.6 Å². The molecule has 1 N–H and O–H groups in total. The monoisotopic (exact) mass is 245 g/mol. The summed E-state index contributed by atoms with van der Waals surface area (Å²) >= 11 is 2.46. The number of hydrogen-bond donors (Lipinski definition) is 1. The van der Waals surface area contributed by atoms with Crippen LogP contribution in [0.1, 0.15) is 9.49 Å². The molecule has 0 amide bonds. The van der Waals surface area contributed by atoms with Gasteiger partial charge in [0.15, 0.2) is 0 Å². The fourth-order valence-electron chi connectivity index (χ4n) is 1.24. The van der Waals surface area contributed by atoms with E-state index in [1.54, 1.807) is 0 Å². The molecule has 1 aromatic rings. The molecule has 1 aromatic carbocycles. The average molecular weight is 245 g/mol. The van der Waals surface area contributed by atoms with E-state index in [1.165, 1.54) is 11.3 Å². The fraction of sp³-hybridized carbons (Fsp3) is 0.250. The Balaban J connectivity index is 2.51. The third kappa shape index (κ3) is 0.905. The molecule has 0 bridgehead atoms. The maximum atomic E-state index is 3.34. The van der Waals surface area contributed by atoms with Crippen molar-refractivity contribution >= 4 is 5.69 Å². The first-order chi connectivity index (χ1) is 4.88. The summed E-state index contributed by atoms with van der Waals surface area (Å²) in [5.41, 5.74) is 2.75. The normalized spacial score (nSPS) is 21.9. The number of fused-ring (bicyclic) bond motifs is 1. The smallest absolute Gasteiger partial charge is 0.0356 e. The second-order valence-corrected chi connectivity index (χ2v) is 3.94. The number of alkyl halides is 1. The fourth-order valence-corrected chi connectivity index (χ4v) is 2.00. The highest BCUT2D eigenvalue weighted by molar-refractivity contribution is 5.56. The van der Waals surface area contributed by atoms with E-state index in [0.717, 1.165) is 6.54 Å². The first kappa shape index (κ1) is 6.46. The Morgan fingerprint density at radius 3 is 3.00 bits per heavy atom. The zero-order valence-corrected chi connectivity index (χ0v) is 7.63. The maximum Gasteiger partial charge on any atom is 0.0356 e. The molecule has 1 unspecified atom stereocenters. The van der Waals surface area contributed by atoms with Crippen LogP contribution in [0.5, 0.6) is 0 Å². The summed E-state index contributed by atoms with van der Waals surface area (Å²) in [6.07, 6.45) is 0. The van der Waals surface area contributed by atoms with Gasteiger partial charge < -0.3 is 27.9 Å². The Labute approximate surface area is 74.0 Å². The number of benzene rings is 1. The van der Waals surface area contributed by atoms with Crippen LogP contribution in [-0.2, 0) is 0 Å². The second kappa shape index (κ2) is 2.42. The van der Waals surface area contributed by atoms with Gasteiger partial charge in [-0.15, -0.1) is 3.92 Å². The van der Waals surface area contributed by atoms with Crippen molar-refractivity contribution in [1.82, 2.24) is 0 Å². The van der Waals surface area contributed by atoms with E-state index < -0.39 is 0 Å². The molecular formula is C8H8IN-. The molecule has 1 heterocycles. The van der Waals surface area contributed by atoms with Crippen molar-refractivity contribution in [3.05, 3.63) is 29.8 Å². The maximum absolute atomic E-state index is 3.34. The molecule has 0 aromatic heterocycles.